The molecule has 0 unspecified atom stereocenters. The third-order valence-electron chi connectivity index (χ3n) is 10.1. The van der Waals surface area contributed by atoms with Crippen LogP contribution in [0, 0.1) is 11.2 Å². The Balaban J connectivity index is 1.29. The average molecular weight is 727 g/mol. The lowest BCUT2D eigenvalue weighted by atomic mass is 9.86. The molecule has 0 amide bonds. The summed E-state index contributed by atoms with van der Waals surface area (Å²) in [6.45, 7) is 7.86. The molecule has 11 nitrogen and oxygen atoms in total. The fourth-order valence-corrected chi connectivity index (χ4v) is 7.30. The highest BCUT2D eigenvalue weighted by atomic mass is 19.4. The van der Waals surface area contributed by atoms with Gasteiger partial charge in [-0.1, -0.05) is 26.2 Å². The van der Waals surface area contributed by atoms with Gasteiger partial charge in [0.15, 0.2) is 11.5 Å². The maximum Gasteiger partial charge on any atom is 0.416 e. The van der Waals surface area contributed by atoms with E-state index in [0.717, 1.165) is 83.4 Å². The fraction of sp³-hybridized carbons (Fsp3) is 0.541. The number of aliphatic carboxylic acids is 1. The quantitative estimate of drug-likeness (QED) is 0.0974. The molecule has 0 radical (unpaired) electrons. The van der Waals surface area contributed by atoms with Crippen molar-refractivity contribution in [1.82, 2.24) is 29.8 Å². The van der Waals surface area contributed by atoms with E-state index in [1.807, 2.05) is 7.05 Å². The minimum Gasteiger partial charge on any atom is -0.481 e. The number of hydrogen-bond acceptors (Lipinski definition) is 9. The Bertz CT molecular complexity index is 1820. The predicted molar refractivity (Wildman–Crippen MR) is 191 cm³/mol. The van der Waals surface area contributed by atoms with E-state index in [9.17, 15) is 22.4 Å². The Labute approximate surface area is 300 Å². The summed E-state index contributed by atoms with van der Waals surface area (Å²) in [6.07, 6.45) is 5.57. The lowest BCUT2D eigenvalue weighted by Gasteiger charge is -2.35. The van der Waals surface area contributed by atoms with Gasteiger partial charge in [-0.15, -0.1) is 0 Å². The number of carboxylic acid groups (broad SMARTS) is 1. The molecule has 0 spiro atoms. The summed E-state index contributed by atoms with van der Waals surface area (Å²) in [7, 11) is 1.94. The number of nitrogens with one attached hydrogen (secondary N) is 1. The van der Waals surface area contributed by atoms with Crippen molar-refractivity contribution in [2.75, 3.05) is 69.3 Å². The average Bonchev–Trinajstić information content (AvgIpc) is 3.77. The Morgan fingerprint density at radius 1 is 1.02 bits per heavy atom. The van der Waals surface area contributed by atoms with Crippen molar-refractivity contribution in [3.8, 4) is 22.8 Å². The molecule has 4 heterocycles. The topological polar surface area (TPSA) is 124 Å². The van der Waals surface area contributed by atoms with Crippen LogP contribution in [0.15, 0.2) is 36.7 Å². The molecule has 0 atom stereocenters. The normalized spacial score (nSPS) is 16.5. The first kappa shape index (κ1) is 37.4. The summed E-state index contributed by atoms with van der Waals surface area (Å²) in [5, 5.41) is 8.92. The van der Waals surface area contributed by atoms with E-state index >= 15 is 0 Å². The van der Waals surface area contributed by atoms with Crippen LogP contribution in [0.2, 0.25) is 0 Å². The maximum absolute atomic E-state index is 14.6. The van der Waals surface area contributed by atoms with E-state index in [1.54, 1.807) is 18.5 Å². The van der Waals surface area contributed by atoms with Crippen molar-refractivity contribution in [2.24, 2.45) is 5.41 Å². The second-order valence-corrected chi connectivity index (χ2v) is 14.1. The van der Waals surface area contributed by atoms with Crippen molar-refractivity contribution in [1.29, 1.82) is 0 Å². The summed E-state index contributed by atoms with van der Waals surface area (Å²) in [5.74, 6) is -0.691. The number of hydrogen-bond donors (Lipinski definition) is 2. The second kappa shape index (κ2) is 16.1. The second-order valence-electron chi connectivity index (χ2n) is 14.1. The molecule has 3 aromatic heterocycles. The standard InChI is InChI=1S/C37H46F4N8O3/c1-3-4-16-52-24-36(9-5-6-10-36)23-47(2)30-20-28(25-17-26(37(39,40)41)19-27(38)18-25)44-35-33(30)45-34(46-35)29-21-43-31(22-42-29)49-14-12-48(13-15-49)11-7-8-32(50)51/h17-22H,3-16,23-24H2,1-2H3,(H,50,51)(H,44,45,46). The first-order chi connectivity index (χ1) is 24.9. The zero-order chi connectivity index (χ0) is 36.9. The smallest absolute Gasteiger partial charge is 0.416 e. The Hall–Kier alpha value is -4.37. The van der Waals surface area contributed by atoms with Gasteiger partial charge in [-0.05, 0) is 56.5 Å². The van der Waals surface area contributed by atoms with E-state index in [0.29, 0.717) is 60.8 Å². The summed E-state index contributed by atoms with van der Waals surface area (Å²) in [5.41, 5.74) is 0.961. The van der Waals surface area contributed by atoms with Gasteiger partial charge in [0, 0.05) is 63.8 Å². The van der Waals surface area contributed by atoms with Crippen molar-refractivity contribution in [3.05, 3.63) is 48.0 Å². The van der Waals surface area contributed by atoms with Crippen LogP contribution < -0.4 is 9.80 Å². The third-order valence-corrected chi connectivity index (χ3v) is 10.1. The number of ether oxygens (including phenoxy) is 1. The number of rotatable bonds is 15. The van der Waals surface area contributed by atoms with Gasteiger partial charge < -0.3 is 24.6 Å². The Morgan fingerprint density at radius 3 is 2.46 bits per heavy atom. The zero-order valence-electron chi connectivity index (χ0n) is 29.7. The van der Waals surface area contributed by atoms with E-state index in [2.05, 4.69) is 41.6 Å². The number of nitrogens with zero attached hydrogens (tertiary/aromatic N) is 7. The number of piperazine rings is 1. The lowest BCUT2D eigenvalue weighted by molar-refractivity contribution is -0.138. The number of imidazole rings is 1. The molecular weight excluding hydrogens is 680 g/mol. The van der Waals surface area contributed by atoms with Crippen molar-refractivity contribution in [3.63, 3.8) is 0 Å². The lowest BCUT2D eigenvalue weighted by Crippen LogP contribution is -2.47. The molecule has 1 aliphatic carbocycles. The van der Waals surface area contributed by atoms with Crippen LogP contribution in [0.4, 0.5) is 29.1 Å². The summed E-state index contributed by atoms with van der Waals surface area (Å²) < 4.78 is 61.8. The molecule has 4 aromatic rings. The van der Waals surface area contributed by atoms with Gasteiger partial charge in [0.1, 0.15) is 22.8 Å². The molecule has 0 bridgehead atoms. The number of anilines is 2. The van der Waals surface area contributed by atoms with Crippen LogP contribution in [-0.4, -0.2) is 100 Å². The minimum absolute atomic E-state index is 0.00182. The van der Waals surface area contributed by atoms with E-state index in [4.69, 9.17) is 14.8 Å². The van der Waals surface area contributed by atoms with Crippen LogP contribution in [0.5, 0.6) is 0 Å². The maximum atomic E-state index is 14.6. The van der Waals surface area contributed by atoms with Gasteiger partial charge in [0.25, 0.3) is 0 Å². The number of H-pyrrole nitrogens is 1. The summed E-state index contributed by atoms with van der Waals surface area (Å²) in [6, 6.07) is 4.14. The number of carboxylic acids is 1. The first-order valence-electron chi connectivity index (χ1n) is 18.0. The van der Waals surface area contributed by atoms with Gasteiger partial charge in [0.2, 0.25) is 0 Å². The number of unbranched alkanes of at least 4 members (excludes halogenated alkanes) is 1. The molecule has 6 rings (SSSR count). The summed E-state index contributed by atoms with van der Waals surface area (Å²) >= 11 is 0. The van der Waals surface area contributed by atoms with Gasteiger partial charge >= 0.3 is 12.1 Å². The monoisotopic (exact) mass is 726 g/mol. The number of aromatic nitrogens is 5. The molecule has 15 heteroatoms. The molecule has 1 saturated carbocycles. The number of pyridine rings is 1. The van der Waals surface area contributed by atoms with Crippen LogP contribution in [0.3, 0.4) is 0 Å². The number of aromatic amines is 1. The van der Waals surface area contributed by atoms with E-state index in [1.165, 1.54) is 0 Å². The molecular formula is C37H46F4N8O3. The van der Waals surface area contributed by atoms with Crippen molar-refractivity contribution < 1.29 is 32.2 Å². The number of alkyl halides is 3. The Kier molecular flexibility index (Phi) is 11.6. The molecule has 280 valence electrons. The zero-order valence-corrected chi connectivity index (χ0v) is 29.7. The molecule has 2 fully saturated rings. The highest BCUT2D eigenvalue weighted by Gasteiger charge is 2.36. The SMILES string of the molecule is CCCCOCC1(CN(C)c2cc(-c3cc(F)cc(C(F)(F)F)c3)nc3nc(-c4cnc(N5CCN(CCCC(=O)O)CC5)cn4)[nH]c23)CCCC1. The number of carbonyl (C=O) groups is 1. The molecule has 1 aliphatic heterocycles. The minimum atomic E-state index is -4.73. The number of halogens is 4. The first-order valence-corrected chi connectivity index (χ1v) is 18.0. The van der Waals surface area contributed by atoms with Crippen LogP contribution >= 0.6 is 0 Å². The van der Waals surface area contributed by atoms with Gasteiger partial charge in [-0.25, -0.2) is 24.3 Å². The largest absolute Gasteiger partial charge is 0.481 e. The molecule has 2 aliphatic rings. The fourth-order valence-electron chi connectivity index (χ4n) is 7.30. The van der Waals surface area contributed by atoms with Crippen LogP contribution in [-0.2, 0) is 15.7 Å². The number of fused-ring (bicyclic) bond motifs is 1. The predicted octanol–water partition coefficient (Wildman–Crippen LogP) is 7.04. The molecule has 2 N–H and O–H groups in total. The van der Waals surface area contributed by atoms with Crippen molar-refractivity contribution in [2.45, 2.75) is 64.5 Å². The van der Waals surface area contributed by atoms with Crippen LogP contribution in [0.25, 0.3) is 33.9 Å². The van der Waals surface area contributed by atoms with Crippen LogP contribution in [0.1, 0.15) is 63.9 Å². The van der Waals surface area contributed by atoms with E-state index in [-0.39, 0.29) is 28.7 Å². The van der Waals surface area contributed by atoms with Gasteiger partial charge in [0.05, 0.1) is 35.9 Å². The number of benzene rings is 1. The molecule has 1 saturated heterocycles. The summed E-state index contributed by atoms with van der Waals surface area (Å²) in [4.78, 5) is 39.3. The van der Waals surface area contributed by atoms with Crippen molar-refractivity contribution >= 4 is 28.6 Å². The van der Waals surface area contributed by atoms with Gasteiger partial charge in [-0.3, -0.25) is 9.69 Å². The van der Waals surface area contributed by atoms with Gasteiger partial charge in [-0.2, -0.15) is 13.2 Å². The Morgan fingerprint density at radius 2 is 1.79 bits per heavy atom. The molecule has 1 aromatic carbocycles. The highest BCUT2D eigenvalue weighted by molar-refractivity contribution is 5.91. The third kappa shape index (κ3) is 8.98. The molecule has 52 heavy (non-hydrogen) atoms. The highest BCUT2D eigenvalue weighted by Crippen LogP contribution is 2.41. The van der Waals surface area contributed by atoms with E-state index < -0.39 is 23.5 Å².